The van der Waals surface area contributed by atoms with E-state index in [2.05, 4.69) is 4.90 Å². The predicted octanol–water partition coefficient (Wildman–Crippen LogP) is 3.48. The van der Waals surface area contributed by atoms with Crippen LogP contribution in [0.4, 0.5) is 10.1 Å². The van der Waals surface area contributed by atoms with Crippen LogP contribution in [0.2, 0.25) is 0 Å². The monoisotopic (exact) mass is 288 g/mol. The van der Waals surface area contributed by atoms with Crippen LogP contribution in [0.1, 0.15) is 31.1 Å². The molecule has 1 atom stereocenters. The van der Waals surface area contributed by atoms with Crippen molar-refractivity contribution in [1.29, 1.82) is 0 Å². The highest BCUT2D eigenvalue weighted by atomic mass is 19.1. The van der Waals surface area contributed by atoms with Gasteiger partial charge in [-0.2, -0.15) is 0 Å². The molecule has 0 bridgehead atoms. The Bertz CT molecular complexity index is 591. The predicted molar refractivity (Wildman–Crippen MR) is 81.7 cm³/mol. The molecule has 0 radical (unpaired) electrons. The van der Waals surface area contributed by atoms with Crippen LogP contribution in [0.5, 0.6) is 0 Å². The van der Waals surface area contributed by atoms with Crippen molar-refractivity contribution in [3.05, 3.63) is 53.7 Å². The first-order valence-corrected chi connectivity index (χ1v) is 7.46. The van der Waals surface area contributed by atoms with Crippen molar-refractivity contribution in [3.63, 3.8) is 0 Å². The van der Waals surface area contributed by atoms with E-state index in [4.69, 9.17) is 10.2 Å². The molecule has 0 saturated heterocycles. The Morgan fingerprint density at radius 2 is 2.19 bits per heavy atom. The van der Waals surface area contributed by atoms with Gasteiger partial charge < -0.3 is 15.1 Å². The van der Waals surface area contributed by atoms with E-state index in [0.717, 1.165) is 24.2 Å². The lowest BCUT2D eigenvalue weighted by molar-refractivity contribution is 0.498. The molecule has 0 aliphatic heterocycles. The zero-order chi connectivity index (χ0) is 14.8. The molecular formula is C17H21FN2O. The summed E-state index contributed by atoms with van der Waals surface area (Å²) in [4.78, 5) is 2.10. The zero-order valence-corrected chi connectivity index (χ0v) is 12.3. The van der Waals surface area contributed by atoms with Gasteiger partial charge in [-0.05, 0) is 56.0 Å². The van der Waals surface area contributed by atoms with E-state index in [0.29, 0.717) is 24.7 Å². The lowest BCUT2D eigenvalue weighted by Crippen LogP contribution is -2.26. The minimum atomic E-state index is -0.174. The van der Waals surface area contributed by atoms with Gasteiger partial charge in [-0.3, -0.25) is 0 Å². The maximum absolute atomic E-state index is 14.5. The van der Waals surface area contributed by atoms with Gasteiger partial charge in [0.15, 0.2) is 0 Å². The van der Waals surface area contributed by atoms with Gasteiger partial charge in [-0.15, -0.1) is 0 Å². The highest BCUT2D eigenvalue weighted by molar-refractivity contribution is 5.51. The maximum Gasteiger partial charge on any atom is 0.146 e. The quantitative estimate of drug-likeness (QED) is 0.885. The van der Waals surface area contributed by atoms with Gasteiger partial charge in [-0.25, -0.2) is 4.39 Å². The third-order valence-corrected chi connectivity index (χ3v) is 3.77. The van der Waals surface area contributed by atoms with Gasteiger partial charge >= 0.3 is 0 Å². The molecule has 1 heterocycles. The van der Waals surface area contributed by atoms with Gasteiger partial charge in [0, 0.05) is 12.1 Å². The van der Waals surface area contributed by atoms with Crippen LogP contribution in [0.25, 0.3) is 0 Å². The lowest BCUT2D eigenvalue weighted by Gasteiger charge is -2.24. The summed E-state index contributed by atoms with van der Waals surface area (Å²) in [6.45, 7) is 2.54. The van der Waals surface area contributed by atoms with Crippen LogP contribution in [-0.2, 0) is 13.0 Å². The molecule has 2 aromatic rings. The van der Waals surface area contributed by atoms with Crippen molar-refractivity contribution >= 4 is 5.69 Å². The van der Waals surface area contributed by atoms with Crippen LogP contribution in [-0.4, -0.2) is 12.1 Å². The fourth-order valence-electron chi connectivity index (χ4n) is 2.65. The van der Waals surface area contributed by atoms with Gasteiger partial charge in [0.25, 0.3) is 0 Å². The molecule has 2 N–H and O–H groups in total. The smallest absolute Gasteiger partial charge is 0.146 e. The third kappa shape index (κ3) is 3.45. The van der Waals surface area contributed by atoms with E-state index in [-0.39, 0.29) is 11.9 Å². The molecule has 1 saturated carbocycles. The number of anilines is 1. The van der Waals surface area contributed by atoms with Gasteiger partial charge in [-0.1, -0.05) is 6.07 Å². The number of halogens is 1. The second kappa shape index (κ2) is 5.90. The average Bonchev–Trinajstić information content (AvgIpc) is 3.14. The molecule has 3 nitrogen and oxygen atoms in total. The number of furan rings is 1. The first kappa shape index (κ1) is 14.1. The molecule has 21 heavy (non-hydrogen) atoms. The van der Waals surface area contributed by atoms with Crippen molar-refractivity contribution in [3.8, 4) is 0 Å². The summed E-state index contributed by atoms with van der Waals surface area (Å²) in [5.41, 5.74) is 7.38. The Labute approximate surface area is 124 Å². The highest BCUT2D eigenvalue weighted by Gasteiger charge is 2.31. The van der Waals surface area contributed by atoms with Crippen molar-refractivity contribution in [1.82, 2.24) is 0 Å². The Balaban J connectivity index is 1.82. The Morgan fingerprint density at radius 3 is 2.76 bits per heavy atom. The first-order valence-electron chi connectivity index (χ1n) is 7.46. The maximum atomic E-state index is 14.5. The van der Waals surface area contributed by atoms with Crippen molar-refractivity contribution in [2.24, 2.45) is 5.73 Å². The molecule has 0 amide bonds. The molecule has 1 fully saturated rings. The van der Waals surface area contributed by atoms with Gasteiger partial charge in [0.05, 0.1) is 18.5 Å². The first-order chi connectivity index (χ1) is 10.1. The molecular weight excluding hydrogens is 267 g/mol. The van der Waals surface area contributed by atoms with Crippen LogP contribution < -0.4 is 10.6 Å². The minimum Gasteiger partial charge on any atom is -0.467 e. The molecule has 1 unspecified atom stereocenters. The summed E-state index contributed by atoms with van der Waals surface area (Å²) in [6, 6.07) is 9.70. The van der Waals surface area contributed by atoms with Crippen molar-refractivity contribution in [2.45, 2.75) is 44.8 Å². The number of hydrogen-bond donors (Lipinski definition) is 1. The normalized spacial score (nSPS) is 16.0. The van der Waals surface area contributed by atoms with Crippen LogP contribution in [0.3, 0.4) is 0 Å². The minimum absolute atomic E-state index is 0.0397. The Hall–Kier alpha value is -1.81. The summed E-state index contributed by atoms with van der Waals surface area (Å²) in [5.74, 6) is 0.688. The van der Waals surface area contributed by atoms with E-state index in [1.165, 1.54) is 0 Å². The zero-order valence-electron chi connectivity index (χ0n) is 12.3. The Morgan fingerprint density at radius 1 is 1.38 bits per heavy atom. The summed E-state index contributed by atoms with van der Waals surface area (Å²) >= 11 is 0. The molecule has 112 valence electrons. The number of nitrogens with two attached hydrogens (primary N) is 1. The molecule has 1 aliphatic rings. The molecule has 1 aromatic heterocycles. The number of hydrogen-bond acceptors (Lipinski definition) is 3. The standard InChI is InChI=1S/C17H21FN2O/c1-12(19)9-13-4-7-17(16(18)10-13)20(14-5-6-14)11-15-3-2-8-21-15/h2-4,7-8,10,12,14H,5-6,9,11,19H2,1H3. The van der Waals surface area contributed by atoms with Crippen LogP contribution in [0, 0.1) is 5.82 Å². The molecule has 1 aliphatic carbocycles. The van der Waals surface area contributed by atoms with E-state index in [9.17, 15) is 4.39 Å². The van der Waals surface area contributed by atoms with Crippen molar-refractivity contribution < 1.29 is 8.81 Å². The topological polar surface area (TPSA) is 42.4 Å². The number of benzene rings is 1. The molecule has 3 rings (SSSR count). The summed E-state index contributed by atoms with van der Waals surface area (Å²) < 4.78 is 19.9. The number of nitrogens with zero attached hydrogens (tertiary/aromatic N) is 1. The number of rotatable bonds is 6. The van der Waals surface area contributed by atoms with E-state index < -0.39 is 0 Å². The fraction of sp³-hybridized carbons (Fsp3) is 0.412. The Kier molecular flexibility index (Phi) is 3.97. The molecule has 4 heteroatoms. The lowest BCUT2D eigenvalue weighted by atomic mass is 10.1. The van der Waals surface area contributed by atoms with E-state index in [1.807, 2.05) is 31.2 Å². The van der Waals surface area contributed by atoms with Crippen LogP contribution >= 0.6 is 0 Å². The summed E-state index contributed by atoms with van der Waals surface area (Å²) in [6.07, 6.45) is 4.57. The van der Waals surface area contributed by atoms with Crippen molar-refractivity contribution in [2.75, 3.05) is 4.90 Å². The summed E-state index contributed by atoms with van der Waals surface area (Å²) in [5, 5.41) is 0. The fourth-order valence-corrected chi connectivity index (χ4v) is 2.65. The summed E-state index contributed by atoms with van der Waals surface area (Å²) in [7, 11) is 0. The molecule has 1 aromatic carbocycles. The average molecular weight is 288 g/mol. The second-order valence-corrected chi connectivity index (χ2v) is 5.91. The van der Waals surface area contributed by atoms with Gasteiger partial charge in [0.1, 0.15) is 11.6 Å². The van der Waals surface area contributed by atoms with Crippen LogP contribution in [0.15, 0.2) is 41.0 Å². The van der Waals surface area contributed by atoms with E-state index >= 15 is 0 Å². The van der Waals surface area contributed by atoms with Gasteiger partial charge in [0.2, 0.25) is 0 Å². The SMILES string of the molecule is CC(N)Cc1ccc(N(Cc2ccco2)C2CC2)c(F)c1. The molecule has 0 spiro atoms. The third-order valence-electron chi connectivity index (χ3n) is 3.77. The highest BCUT2D eigenvalue weighted by Crippen LogP contribution is 2.34. The van der Waals surface area contributed by atoms with E-state index in [1.54, 1.807) is 12.3 Å². The second-order valence-electron chi connectivity index (χ2n) is 5.91. The largest absolute Gasteiger partial charge is 0.467 e.